The molecule has 0 fully saturated rings. The number of oxime groups is 1. The van der Waals surface area contributed by atoms with Gasteiger partial charge >= 0.3 is 0 Å². The lowest BCUT2D eigenvalue weighted by Gasteiger charge is -2.19. The number of carbonyl (C=O) groups excluding carboxylic acids is 1. The summed E-state index contributed by atoms with van der Waals surface area (Å²) in [6, 6.07) is 6.69. The molecule has 3 rings (SSSR count). The Labute approximate surface area is 189 Å². The summed E-state index contributed by atoms with van der Waals surface area (Å²) in [5.74, 6) is -7.16. The second-order valence-electron chi connectivity index (χ2n) is 7.97. The Morgan fingerprint density at radius 3 is 2.27 bits per heavy atom. The minimum atomic E-state index is -1.95. The third kappa shape index (κ3) is 4.51. The van der Waals surface area contributed by atoms with Crippen molar-refractivity contribution in [3.63, 3.8) is 0 Å². The van der Waals surface area contributed by atoms with Crippen LogP contribution in [0.3, 0.4) is 0 Å². The first-order valence-electron chi connectivity index (χ1n) is 10.2. The molecule has 0 atom stereocenters. The van der Waals surface area contributed by atoms with Crippen LogP contribution in [-0.2, 0) is 11.4 Å². The van der Waals surface area contributed by atoms with Crippen molar-refractivity contribution in [3.05, 3.63) is 87.6 Å². The fourth-order valence-corrected chi connectivity index (χ4v) is 3.40. The Kier molecular flexibility index (Phi) is 6.95. The minimum absolute atomic E-state index is 0.0110. The maximum Gasteiger partial charge on any atom is 0.198 e. The van der Waals surface area contributed by atoms with Crippen LogP contribution < -0.4 is 0 Å². The first-order chi connectivity index (χ1) is 15.6. The van der Waals surface area contributed by atoms with Crippen LogP contribution in [0.25, 0.3) is 5.57 Å². The van der Waals surface area contributed by atoms with E-state index in [1.165, 1.54) is 6.92 Å². The summed E-state index contributed by atoms with van der Waals surface area (Å²) in [6.07, 6.45) is 1.64. The zero-order valence-corrected chi connectivity index (χ0v) is 18.6. The summed E-state index contributed by atoms with van der Waals surface area (Å²) < 4.78 is 56.2. The molecule has 2 aromatic rings. The zero-order valence-electron chi connectivity index (χ0n) is 18.6. The van der Waals surface area contributed by atoms with Crippen molar-refractivity contribution in [2.75, 3.05) is 0 Å². The van der Waals surface area contributed by atoms with Crippen molar-refractivity contribution in [1.82, 2.24) is 0 Å². The van der Waals surface area contributed by atoms with Crippen LogP contribution in [0.1, 0.15) is 54.7 Å². The van der Waals surface area contributed by atoms with Crippen molar-refractivity contribution < 1.29 is 27.2 Å². The molecule has 0 heterocycles. The highest BCUT2D eigenvalue weighted by Crippen LogP contribution is 2.31. The van der Waals surface area contributed by atoms with Crippen molar-refractivity contribution >= 4 is 23.3 Å². The number of fused-ring (bicyclic) bond motifs is 1. The molecule has 4 nitrogen and oxygen atoms in total. The van der Waals surface area contributed by atoms with Gasteiger partial charge in [0.15, 0.2) is 29.1 Å². The van der Waals surface area contributed by atoms with Crippen molar-refractivity contribution in [2.45, 2.75) is 34.3 Å². The molecule has 0 radical (unpaired) electrons. The molecule has 1 aliphatic rings. The fourth-order valence-electron chi connectivity index (χ4n) is 3.40. The van der Waals surface area contributed by atoms with Gasteiger partial charge in [0, 0.05) is 34.0 Å². The number of allylic oxidation sites excluding steroid dienone is 3. The molecule has 0 N–H and O–H groups in total. The molecule has 0 unspecified atom stereocenters. The van der Waals surface area contributed by atoms with E-state index in [9.17, 15) is 22.4 Å². The molecule has 0 saturated heterocycles. The van der Waals surface area contributed by atoms with E-state index in [2.05, 4.69) is 16.7 Å². The Hall–Kier alpha value is -3.55. The molecule has 2 aromatic carbocycles. The van der Waals surface area contributed by atoms with E-state index >= 15 is 0 Å². The second kappa shape index (κ2) is 9.52. The molecule has 0 bridgehead atoms. The molecular weight excluding hydrogens is 436 g/mol. The van der Waals surface area contributed by atoms with E-state index in [1.807, 2.05) is 13.8 Å². The van der Waals surface area contributed by atoms with Gasteiger partial charge in [0.1, 0.15) is 12.3 Å². The van der Waals surface area contributed by atoms with Crippen molar-refractivity contribution in [1.29, 1.82) is 0 Å². The average molecular weight is 458 g/mol. The number of benzene rings is 2. The average Bonchev–Trinajstić information content (AvgIpc) is 2.78. The summed E-state index contributed by atoms with van der Waals surface area (Å²) in [7, 11) is 0. The first-order valence-corrected chi connectivity index (χ1v) is 10.2. The molecular formula is C25H22F4N2O2. The topological polar surface area (TPSA) is 51.0 Å². The second-order valence-corrected chi connectivity index (χ2v) is 7.97. The lowest BCUT2D eigenvalue weighted by Crippen LogP contribution is -2.21. The Bertz CT molecular complexity index is 1240. The van der Waals surface area contributed by atoms with Crippen LogP contribution in [0.15, 0.2) is 52.3 Å². The highest BCUT2D eigenvalue weighted by molar-refractivity contribution is 6.28. The highest BCUT2D eigenvalue weighted by atomic mass is 19.2. The van der Waals surface area contributed by atoms with Gasteiger partial charge in [-0.2, -0.15) is 0 Å². The molecule has 172 valence electrons. The number of carbonyl (C=O) groups is 1. The molecule has 0 spiro atoms. The third-order valence-corrected chi connectivity index (χ3v) is 5.00. The standard InChI is InChI=1S/C25H22F4N2O2/c1-12(2)10-30-23-14(5)25(32)16-9-7-6-8-15(16)24(23)31-33-11-17-18(13(3)4)20(27)22(29)21(28)19(17)26/h6-10,12H,3,11H2,1-2,4-5H3/b30-10-,31-24+. The maximum atomic E-state index is 14.4. The molecule has 0 amide bonds. The van der Waals surface area contributed by atoms with Gasteiger partial charge in [-0.1, -0.05) is 49.8 Å². The molecule has 0 aromatic heterocycles. The molecule has 1 aliphatic carbocycles. The van der Waals surface area contributed by atoms with E-state index in [-0.39, 0.29) is 28.7 Å². The number of hydrogen-bond acceptors (Lipinski definition) is 4. The predicted molar refractivity (Wildman–Crippen MR) is 119 cm³/mol. The smallest absolute Gasteiger partial charge is 0.198 e. The number of ketones is 1. The first kappa shape index (κ1) is 24.1. The number of hydrogen-bond donors (Lipinski definition) is 0. The number of Topliss-reactive ketones (excluding diaryl/α,β-unsaturated/α-hetero) is 1. The molecule has 0 aliphatic heterocycles. The van der Waals surface area contributed by atoms with Crippen molar-refractivity contribution in [2.24, 2.45) is 16.1 Å². The minimum Gasteiger partial charge on any atom is -0.390 e. The fraction of sp³-hybridized carbons (Fsp3) is 0.240. The molecule has 8 heteroatoms. The van der Waals surface area contributed by atoms with Crippen molar-refractivity contribution in [3.8, 4) is 0 Å². The van der Waals surface area contributed by atoms with Gasteiger partial charge in [-0.25, -0.2) is 17.6 Å². The van der Waals surface area contributed by atoms with Crippen LogP contribution in [0, 0.1) is 29.2 Å². The van der Waals surface area contributed by atoms with Gasteiger partial charge in [-0.15, -0.1) is 0 Å². The van der Waals surface area contributed by atoms with Gasteiger partial charge in [-0.3, -0.25) is 9.79 Å². The molecule has 33 heavy (non-hydrogen) atoms. The number of halogens is 4. The lowest BCUT2D eigenvalue weighted by molar-refractivity contribution is 0.103. The van der Waals surface area contributed by atoms with E-state index in [4.69, 9.17) is 4.84 Å². The normalized spacial score (nSPS) is 15.1. The van der Waals surface area contributed by atoms with E-state index < -0.39 is 41.0 Å². The van der Waals surface area contributed by atoms with Crippen LogP contribution in [0.2, 0.25) is 0 Å². The SMILES string of the molecule is C=C(C)c1c(F)c(F)c(F)c(F)c1CO/N=C1/C(/N=C\C(C)C)=C(C)C(=O)c2ccccc21. The predicted octanol–water partition coefficient (Wildman–Crippen LogP) is 6.39. The van der Waals surface area contributed by atoms with Crippen LogP contribution >= 0.6 is 0 Å². The van der Waals surface area contributed by atoms with Gasteiger partial charge in [0.25, 0.3) is 0 Å². The summed E-state index contributed by atoms with van der Waals surface area (Å²) in [5, 5.41) is 4.05. The Morgan fingerprint density at radius 1 is 1.06 bits per heavy atom. The summed E-state index contributed by atoms with van der Waals surface area (Å²) in [4.78, 5) is 22.5. The van der Waals surface area contributed by atoms with E-state index in [1.54, 1.807) is 37.4 Å². The largest absolute Gasteiger partial charge is 0.390 e. The Balaban J connectivity index is 2.09. The van der Waals surface area contributed by atoms with Crippen LogP contribution in [0.5, 0.6) is 0 Å². The number of rotatable bonds is 6. The van der Waals surface area contributed by atoms with Gasteiger partial charge < -0.3 is 4.84 Å². The zero-order chi connectivity index (χ0) is 24.4. The lowest BCUT2D eigenvalue weighted by atomic mass is 9.87. The number of aliphatic imine (C=N–C) groups is 1. The van der Waals surface area contributed by atoms with Crippen LogP contribution in [-0.4, -0.2) is 17.7 Å². The number of nitrogens with zero attached hydrogens (tertiary/aromatic N) is 2. The maximum absolute atomic E-state index is 14.4. The summed E-state index contributed by atoms with van der Waals surface area (Å²) in [5.41, 5.74) is 0.551. The van der Waals surface area contributed by atoms with Crippen LogP contribution in [0.4, 0.5) is 17.6 Å². The van der Waals surface area contributed by atoms with E-state index in [0.717, 1.165) is 0 Å². The highest BCUT2D eigenvalue weighted by Gasteiger charge is 2.29. The molecule has 0 saturated carbocycles. The monoisotopic (exact) mass is 458 g/mol. The quantitative estimate of drug-likeness (QED) is 0.166. The van der Waals surface area contributed by atoms with Gasteiger partial charge in [0.2, 0.25) is 0 Å². The summed E-state index contributed by atoms with van der Waals surface area (Å²) in [6.45, 7) is 9.55. The van der Waals surface area contributed by atoms with Gasteiger partial charge in [0.05, 0.1) is 5.70 Å². The van der Waals surface area contributed by atoms with E-state index in [0.29, 0.717) is 16.7 Å². The Morgan fingerprint density at radius 2 is 1.67 bits per heavy atom. The third-order valence-electron chi connectivity index (χ3n) is 5.00. The summed E-state index contributed by atoms with van der Waals surface area (Å²) >= 11 is 0. The van der Waals surface area contributed by atoms with Gasteiger partial charge in [-0.05, 0) is 25.3 Å².